The number of carbonyl (C=O) groups excluding carboxylic acids is 1. The fraction of sp³-hybridized carbons (Fsp3) is 0.704. The lowest BCUT2D eigenvalue weighted by Crippen LogP contribution is -2.53. The van der Waals surface area contributed by atoms with Crippen LogP contribution in [-0.2, 0) is 10.2 Å². The van der Waals surface area contributed by atoms with Gasteiger partial charge in [-0.25, -0.2) is 0 Å². The second-order valence-electron chi connectivity index (χ2n) is 10.1. The van der Waals surface area contributed by atoms with E-state index in [1.54, 1.807) is 0 Å². The van der Waals surface area contributed by atoms with Gasteiger partial charge in [-0.2, -0.15) is 5.26 Å². The maximum Gasteiger partial charge on any atom is 0.227 e. The molecule has 1 aromatic rings. The van der Waals surface area contributed by atoms with Crippen molar-refractivity contribution in [2.24, 2.45) is 5.92 Å². The van der Waals surface area contributed by atoms with Gasteiger partial charge in [-0.3, -0.25) is 4.79 Å². The number of rotatable bonds is 6. The third kappa shape index (κ3) is 4.66. The van der Waals surface area contributed by atoms with Crippen LogP contribution in [0.4, 0.5) is 0 Å². The third-order valence-corrected chi connectivity index (χ3v) is 8.10. The van der Waals surface area contributed by atoms with Crippen LogP contribution in [0.15, 0.2) is 24.3 Å². The van der Waals surface area contributed by atoms with E-state index in [2.05, 4.69) is 31.0 Å². The molecular formula is C27H39N3O2. The molecule has 2 heterocycles. The number of ether oxygens (including phenoxy) is 1. The molecule has 1 saturated carbocycles. The van der Waals surface area contributed by atoms with Crippen LogP contribution in [0, 0.1) is 17.2 Å². The molecule has 0 N–H and O–H groups in total. The predicted octanol–water partition coefficient (Wildman–Crippen LogP) is 4.90. The van der Waals surface area contributed by atoms with Crippen molar-refractivity contribution < 1.29 is 9.53 Å². The van der Waals surface area contributed by atoms with Gasteiger partial charge in [-0.15, -0.1) is 0 Å². The maximum absolute atomic E-state index is 13.5. The summed E-state index contributed by atoms with van der Waals surface area (Å²) in [6.07, 6.45) is 10.6. The highest BCUT2D eigenvalue weighted by Crippen LogP contribution is 2.41. The van der Waals surface area contributed by atoms with Crippen LogP contribution in [-0.4, -0.2) is 54.5 Å². The molecule has 174 valence electrons. The van der Waals surface area contributed by atoms with Crippen LogP contribution in [0.5, 0.6) is 5.75 Å². The number of carbonyl (C=O) groups is 1. The molecule has 1 aromatic carbocycles. The Kier molecular flexibility index (Phi) is 7.40. The van der Waals surface area contributed by atoms with Crippen LogP contribution >= 0.6 is 0 Å². The molecule has 4 rings (SSSR count). The molecule has 2 atom stereocenters. The summed E-state index contributed by atoms with van der Waals surface area (Å²) in [4.78, 5) is 17.9. The molecule has 0 spiro atoms. The molecule has 5 nitrogen and oxygen atoms in total. The summed E-state index contributed by atoms with van der Waals surface area (Å²) in [5, 5.41) is 10.3. The molecule has 1 amide bonds. The molecule has 0 aromatic heterocycles. The highest BCUT2D eigenvalue weighted by Gasteiger charge is 2.43. The summed E-state index contributed by atoms with van der Waals surface area (Å²) in [7, 11) is 2.16. The van der Waals surface area contributed by atoms with Gasteiger partial charge in [-0.1, -0.05) is 31.5 Å². The number of para-hydroxylation sites is 1. The zero-order valence-electron chi connectivity index (χ0n) is 19.9. The van der Waals surface area contributed by atoms with Crippen molar-refractivity contribution in [3.05, 3.63) is 29.8 Å². The Balaban J connectivity index is 1.47. The first-order valence-electron chi connectivity index (χ1n) is 12.7. The number of likely N-dealkylation sites (tertiary alicyclic amines) is 2. The molecule has 3 fully saturated rings. The SMILES string of the molecule is CCCC1C(C(=O)N2CCC(C#N)(c3ccccc3OC3CCCC3)CC2)CCCN1C. The number of nitrogens with zero attached hydrogens (tertiary/aromatic N) is 3. The summed E-state index contributed by atoms with van der Waals surface area (Å²) in [5.41, 5.74) is 0.445. The molecule has 5 heteroatoms. The number of benzene rings is 1. The van der Waals surface area contributed by atoms with Crippen molar-refractivity contribution in [1.82, 2.24) is 9.80 Å². The lowest BCUT2D eigenvalue weighted by Gasteiger charge is -2.43. The number of hydrogen-bond donors (Lipinski definition) is 0. The Morgan fingerprint density at radius 1 is 1.12 bits per heavy atom. The van der Waals surface area contributed by atoms with E-state index in [4.69, 9.17) is 4.74 Å². The standard InChI is InChI=1S/C27H39N3O2/c1-3-9-24-22(12-8-17-29(24)2)26(31)30-18-15-27(20-28,16-19-30)23-13-6-7-14-25(23)32-21-10-4-5-11-21/h6-7,13-14,21-22,24H,3-5,8-12,15-19H2,1-2H3. The second-order valence-corrected chi connectivity index (χ2v) is 10.1. The third-order valence-electron chi connectivity index (χ3n) is 8.10. The van der Waals surface area contributed by atoms with Gasteiger partial charge in [0.05, 0.1) is 23.5 Å². The Morgan fingerprint density at radius 3 is 2.53 bits per heavy atom. The number of hydrogen-bond acceptors (Lipinski definition) is 4. The highest BCUT2D eigenvalue weighted by molar-refractivity contribution is 5.80. The largest absolute Gasteiger partial charge is 0.490 e. The summed E-state index contributed by atoms with van der Waals surface area (Å²) in [6, 6.07) is 11.1. The minimum absolute atomic E-state index is 0.0984. The average molecular weight is 438 g/mol. The summed E-state index contributed by atoms with van der Waals surface area (Å²) >= 11 is 0. The molecule has 3 aliphatic rings. The fourth-order valence-electron chi connectivity index (χ4n) is 6.17. The van der Waals surface area contributed by atoms with Gasteiger partial charge in [0.2, 0.25) is 5.91 Å². The summed E-state index contributed by atoms with van der Waals surface area (Å²) in [6.45, 7) is 4.60. The molecule has 32 heavy (non-hydrogen) atoms. The average Bonchev–Trinajstić information content (AvgIpc) is 3.34. The van der Waals surface area contributed by atoms with Crippen molar-refractivity contribution in [1.29, 1.82) is 5.26 Å². The molecule has 2 aliphatic heterocycles. The Hall–Kier alpha value is -2.06. The van der Waals surface area contributed by atoms with Gasteiger partial charge >= 0.3 is 0 Å². The van der Waals surface area contributed by atoms with Gasteiger partial charge in [0.1, 0.15) is 5.75 Å². The first-order valence-corrected chi connectivity index (χ1v) is 12.7. The van der Waals surface area contributed by atoms with E-state index < -0.39 is 5.41 Å². The lowest BCUT2D eigenvalue weighted by molar-refractivity contribution is -0.141. The first-order chi connectivity index (χ1) is 15.6. The van der Waals surface area contributed by atoms with Gasteiger partial charge < -0.3 is 14.5 Å². The topological polar surface area (TPSA) is 56.6 Å². The highest BCUT2D eigenvalue weighted by atomic mass is 16.5. The molecular weight excluding hydrogens is 398 g/mol. The number of amides is 1. The van der Waals surface area contributed by atoms with E-state index in [9.17, 15) is 10.1 Å². The van der Waals surface area contributed by atoms with Gasteiger partial charge in [0.15, 0.2) is 0 Å². The van der Waals surface area contributed by atoms with Crippen molar-refractivity contribution in [3.8, 4) is 11.8 Å². The van der Waals surface area contributed by atoms with Gasteiger partial charge in [0.25, 0.3) is 0 Å². The zero-order chi connectivity index (χ0) is 22.6. The Labute approximate surface area is 193 Å². The molecule has 0 radical (unpaired) electrons. The zero-order valence-corrected chi connectivity index (χ0v) is 19.9. The van der Waals surface area contributed by atoms with Crippen LogP contribution in [0.25, 0.3) is 0 Å². The molecule has 1 aliphatic carbocycles. The van der Waals surface area contributed by atoms with E-state index in [0.29, 0.717) is 37.9 Å². The van der Waals surface area contributed by atoms with Crippen LogP contribution in [0.2, 0.25) is 0 Å². The minimum atomic E-state index is -0.571. The summed E-state index contributed by atoms with van der Waals surface area (Å²) in [5.74, 6) is 1.27. The Bertz CT molecular complexity index is 818. The first kappa shape index (κ1) is 23.1. The lowest BCUT2D eigenvalue weighted by atomic mass is 9.73. The Morgan fingerprint density at radius 2 is 1.84 bits per heavy atom. The van der Waals surface area contributed by atoms with Crippen LogP contribution < -0.4 is 4.74 Å². The molecule has 2 unspecified atom stereocenters. The quantitative estimate of drug-likeness (QED) is 0.635. The van der Waals surface area contributed by atoms with Crippen molar-refractivity contribution in [2.45, 2.75) is 88.7 Å². The summed E-state index contributed by atoms with van der Waals surface area (Å²) < 4.78 is 6.37. The van der Waals surface area contributed by atoms with E-state index in [0.717, 1.165) is 56.4 Å². The number of nitriles is 1. The van der Waals surface area contributed by atoms with Crippen molar-refractivity contribution in [2.75, 3.05) is 26.7 Å². The van der Waals surface area contributed by atoms with Gasteiger partial charge in [0, 0.05) is 24.7 Å². The normalized spacial score (nSPS) is 26.6. The second kappa shape index (κ2) is 10.3. The smallest absolute Gasteiger partial charge is 0.227 e. The predicted molar refractivity (Wildman–Crippen MR) is 126 cm³/mol. The van der Waals surface area contributed by atoms with Gasteiger partial charge in [-0.05, 0) is 77.4 Å². The maximum atomic E-state index is 13.5. The van der Waals surface area contributed by atoms with E-state index in [-0.39, 0.29) is 12.0 Å². The van der Waals surface area contributed by atoms with E-state index in [1.807, 2.05) is 23.1 Å². The van der Waals surface area contributed by atoms with Crippen molar-refractivity contribution >= 4 is 5.91 Å². The number of piperidine rings is 2. The van der Waals surface area contributed by atoms with Crippen LogP contribution in [0.3, 0.4) is 0 Å². The minimum Gasteiger partial charge on any atom is -0.490 e. The van der Waals surface area contributed by atoms with E-state index in [1.165, 1.54) is 12.8 Å². The fourth-order valence-corrected chi connectivity index (χ4v) is 6.17. The van der Waals surface area contributed by atoms with Crippen molar-refractivity contribution in [3.63, 3.8) is 0 Å². The van der Waals surface area contributed by atoms with E-state index >= 15 is 0 Å². The molecule has 2 saturated heterocycles. The molecule has 0 bridgehead atoms. The van der Waals surface area contributed by atoms with Crippen LogP contribution in [0.1, 0.15) is 76.7 Å². The monoisotopic (exact) mass is 437 g/mol.